The lowest BCUT2D eigenvalue weighted by atomic mass is 10.0. The zero-order valence-corrected chi connectivity index (χ0v) is 14.3. The monoisotopic (exact) mass is 344 g/mol. The molecule has 2 heterocycles. The minimum absolute atomic E-state index is 0.0365. The highest BCUT2D eigenvalue weighted by molar-refractivity contribution is 7.11. The van der Waals surface area contributed by atoms with Crippen LogP contribution in [0.25, 0.3) is 0 Å². The molecule has 3 N–H and O–H groups in total. The molecule has 0 bridgehead atoms. The summed E-state index contributed by atoms with van der Waals surface area (Å²) in [4.78, 5) is 28.9. The van der Waals surface area contributed by atoms with E-state index >= 15 is 0 Å². The Bertz CT molecular complexity index is 757. The molecule has 0 aliphatic carbocycles. The van der Waals surface area contributed by atoms with E-state index in [1.54, 1.807) is 17.4 Å². The maximum absolute atomic E-state index is 12.0. The number of carbonyl (C=O) groups excluding carboxylic acids is 2. The highest BCUT2D eigenvalue weighted by Crippen LogP contribution is 2.25. The summed E-state index contributed by atoms with van der Waals surface area (Å²) in [6.07, 6.45) is 4.79. The quantitative estimate of drug-likeness (QED) is 0.780. The third kappa shape index (κ3) is 4.11. The number of aryl methyl sites for hydroxylation is 2. The Morgan fingerprint density at radius 3 is 3.04 bits per heavy atom. The van der Waals surface area contributed by atoms with E-state index in [0.717, 1.165) is 34.8 Å². The highest BCUT2D eigenvalue weighted by atomic mass is 32.1. The predicted octanol–water partition coefficient (Wildman–Crippen LogP) is 2.95. The van der Waals surface area contributed by atoms with Gasteiger partial charge in [0.15, 0.2) is 0 Å². The standard InChI is InChI=1S/C17H20N4O2S/c1-2-13-10-19-16(24-13)7-8-18-17(23)20-12-4-5-14-11(9-12)3-6-15(22)21-14/h4-5,9-10H,2-3,6-8H2,1H3,(H,21,22)(H2,18,20,23). The molecule has 126 valence electrons. The number of thiazole rings is 1. The van der Waals surface area contributed by atoms with Crippen molar-refractivity contribution >= 4 is 34.6 Å². The van der Waals surface area contributed by atoms with Crippen molar-refractivity contribution in [2.24, 2.45) is 0 Å². The van der Waals surface area contributed by atoms with Gasteiger partial charge in [-0.2, -0.15) is 0 Å². The summed E-state index contributed by atoms with van der Waals surface area (Å²) < 4.78 is 0. The second kappa shape index (κ2) is 7.44. The molecule has 0 unspecified atom stereocenters. The van der Waals surface area contributed by atoms with E-state index in [1.165, 1.54) is 4.88 Å². The Morgan fingerprint density at radius 2 is 2.25 bits per heavy atom. The number of anilines is 2. The number of benzene rings is 1. The van der Waals surface area contributed by atoms with Crippen LogP contribution in [-0.4, -0.2) is 23.5 Å². The third-order valence-corrected chi connectivity index (χ3v) is 5.03. The molecule has 2 aromatic rings. The molecule has 0 saturated carbocycles. The summed E-state index contributed by atoms with van der Waals surface area (Å²) in [5, 5.41) is 9.53. The van der Waals surface area contributed by atoms with Gasteiger partial charge in [-0.05, 0) is 36.6 Å². The van der Waals surface area contributed by atoms with Gasteiger partial charge in [0.1, 0.15) is 0 Å². The van der Waals surface area contributed by atoms with Gasteiger partial charge in [-0.25, -0.2) is 9.78 Å². The Morgan fingerprint density at radius 1 is 1.38 bits per heavy atom. The van der Waals surface area contributed by atoms with Gasteiger partial charge in [-0.1, -0.05) is 6.92 Å². The van der Waals surface area contributed by atoms with Crippen molar-refractivity contribution in [1.29, 1.82) is 0 Å². The molecule has 0 fully saturated rings. The van der Waals surface area contributed by atoms with E-state index in [-0.39, 0.29) is 11.9 Å². The van der Waals surface area contributed by atoms with Crippen molar-refractivity contribution in [2.75, 3.05) is 17.2 Å². The van der Waals surface area contributed by atoms with Crippen molar-refractivity contribution in [3.63, 3.8) is 0 Å². The predicted molar refractivity (Wildman–Crippen MR) is 95.6 cm³/mol. The van der Waals surface area contributed by atoms with Crippen molar-refractivity contribution in [2.45, 2.75) is 32.6 Å². The van der Waals surface area contributed by atoms with Crippen LogP contribution in [-0.2, 0) is 24.1 Å². The number of fused-ring (bicyclic) bond motifs is 1. The smallest absolute Gasteiger partial charge is 0.319 e. The first-order chi connectivity index (χ1) is 11.6. The molecule has 0 saturated heterocycles. The first-order valence-corrected chi connectivity index (χ1v) is 8.87. The van der Waals surface area contributed by atoms with Crippen LogP contribution in [0.5, 0.6) is 0 Å². The van der Waals surface area contributed by atoms with Crippen molar-refractivity contribution in [3.8, 4) is 0 Å². The van der Waals surface area contributed by atoms with Crippen LogP contribution in [0.15, 0.2) is 24.4 Å². The normalized spacial score (nSPS) is 13.1. The summed E-state index contributed by atoms with van der Waals surface area (Å²) in [5.41, 5.74) is 2.60. The van der Waals surface area contributed by atoms with Gasteiger partial charge in [0, 0.05) is 41.8 Å². The lowest BCUT2D eigenvalue weighted by molar-refractivity contribution is -0.116. The van der Waals surface area contributed by atoms with Crippen LogP contribution in [0.4, 0.5) is 16.2 Å². The Balaban J connectivity index is 1.49. The zero-order valence-electron chi connectivity index (χ0n) is 13.5. The summed E-state index contributed by atoms with van der Waals surface area (Å²) in [7, 11) is 0. The van der Waals surface area contributed by atoms with Crippen LogP contribution in [0, 0.1) is 0 Å². The molecule has 0 radical (unpaired) electrons. The number of urea groups is 1. The van der Waals surface area contributed by atoms with Crippen LogP contribution >= 0.6 is 11.3 Å². The van der Waals surface area contributed by atoms with E-state index < -0.39 is 0 Å². The molecule has 6 nitrogen and oxygen atoms in total. The fourth-order valence-corrected chi connectivity index (χ4v) is 3.41. The lowest BCUT2D eigenvalue weighted by Crippen LogP contribution is -2.30. The van der Waals surface area contributed by atoms with Crippen molar-refractivity contribution in [3.05, 3.63) is 39.8 Å². The molecule has 1 aliphatic heterocycles. The van der Waals surface area contributed by atoms with Gasteiger partial charge in [-0.3, -0.25) is 4.79 Å². The van der Waals surface area contributed by atoms with Crippen LogP contribution in [0.1, 0.15) is 28.8 Å². The van der Waals surface area contributed by atoms with Gasteiger partial charge in [0.25, 0.3) is 0 Å². The van der Waals surface area contributed by atoms with E-state index in [0.29, 0.717) is 19.4 Å². The van der Waals surface area contributed by atoms with Crippen LogP contribution < -0.4 is 16.0 Å². The molecule has 0 atom stereocenters. The second-order valence-corrected chi connectivity index (χ2v) is 6.82. The van der Waals surface area contributed by atoms with Gasteiger partial charge < -0.3 is 16.0 Å². The number of amides is 3. The fraction of sp³-hybridized carbons (Fsp3) is 0.353. The van der Waals surface area contributed by atoms with Crippen molar-refractivity contribution in [1.82, 2.24) is 10.3 Å². The van der Waals surface area contributed by atoms with Crippen molar-refractivity contribution < 1.29 is 9.59 Å². The molecule has 1 aromatic carbocycles. The first-order valence-electron chi connectivity index (χ1n) is 8.05. The number of rotatable bonds is 5. The summed E-state index contributed by atoms with van der Waals surface area (Å²) in [6, 6.07) is 5.28. The number of nitrogens with zero attached hydrogens (tertiary/aromatic N) is 1. The molecule has 3 rings (SSSR count). The average Bonchev–Trinajstić information content (AvgIpc) is 3.03. The zero-order chi connectivity index (χ0) is 16.9. The van der Waals surface area contributed by atoms with Crippen LogP contribution in [0.3, 0.4) is 0 Å². The molecule has 3 amide bonds. The topological polar surface area (TPSA) is 83.1 Å². The molecule has 1 aromatic heterocycles. The van der Waals surface area contributed by atoms with Gasteiger partial charge in [0.2, 0.25) is 5.91 Å². The molecule has 1 aliphatic rings. The number of nitrogens with one attached hydrogen (secondary N) is 3. The summed E-state index contributed by atoms with van der Waals surface area (Å²) in [5.74, 6) is 0.0365. The molecule has 0 spiro atoms. The maximum atomic E-state index is 12.0. The maximum Gasteiger partial charge on any atom is 0.319 e. The average molecular weight is 344 g/mol. The Labute approximate surface area is 144 Å². The minimum Gasteiger partial charge on any atom is -0.337 e. The molecular weight excluding hydrogens is 324 g/mol. The van der Waals surface area contributed by atoms with Gasteiger partial charge >= 0.3 is 6.03 Å². The van der Waals surface area contributed by atoms with Crippen LogP contribution in [0.2, 0.25) is 0 Å². The molecule has 7 heteroatoms. The third-order valence-electron chi connectivity index (χ3n) is 3.83. The van der Waals surface area contributed by atoms with E-state index in [9.17, 15) is 9.59 Å². The highest BCUT2D eigenvalue weighted by Gasteiger charge is 2.15. The minimum atomic E-state index is -0.234. The van der Waals surface area contributed by atoms with E-state index in [1.807, 2.05) is 18.3 Å². The number of hydrogen-bond donors (Lipinski definition) is 3. The van der Waals surface area contributed by atoms with E-state index in [4.69, 9.17) is 0 Å². The number of aromatic nitrogens is 1. The largest absolute Gasteiger partial charge is 0.337 e. The number of carbonyl (C=O) groups is 2. The summed E-state index contributed by atoms with van der Waals surface area (Å²) >= 11 is 1.69. The lowest BCUT2D eigenvalue weighted by Gasteiger charge is -2.17. The Kier molecular flexibility index (Phi) is 5.10. The SMILES string of the molecule is CCc1cnc(CCNC(=O)Nc2ccc3c(c2)CCC(=O)N3)s1. The van der Waals surface area contributed by atoms with Gasteiger partial charge in [0.05, 0.1) is 5.01 Å². The van der Waals surface area contributed by atoms with Gasteiger partial charge in [-0.15, -0.1) is 11.3 Å². The second-order valence-electron chi connectivity index (χ2n) is 5.62. The fourth-order valence-electron chi connectivity index (χ4n) is 2.55. The number of hydrogen-bond acceptors (Lipinski definition) is 4. The first kappa shape index (κ1) is 16.4. The molecule has 24 heavy (non-hydrogen) atoms. The Hall–Kier alpha value is -2.41. The molecular formula is C17H20N4O2S. The van der Waals surface area contributed by atoms with E-state index in [2.05, 4.69) is 27.9 Å². The summed E-state index contributed by atoms with van der Waals surface area (Å²) in [6.45, 7) is 2.65.